The van der Waals surface area contributed by atoms with Crippen LogP contribution in [-0.2, 0) is 16.6 Å². The first-order chi connectivity index (χ1) is 7.34. The molecule has 0 aromatic carbocycles. The van der Waals surface area contributed by atoms with Gasteiger partial charge in [0, 0.05) is 28.8 Å². The summed E-state index contributed by atoms with van der Waals surface area (Å²) in [5, 5.41) is 3.36. The number of nitrogens with one attached hydrogen (secondary N) is 1. The molecule has 2 rings (SSSR count). The maximum absolute atomic E-state index is 11.8. The zero-order valence-electron chi connectivity index (χ0n) is 8.69. The highest BCUT2D eigenvalue weighted by Gasteiger charge is 2.16. The summed E-state index contributed by atoms with van der Waals surface area (Å²) >= 11 is 0. The van der Waals surface area contributed by atoms with Gasteiger partial charge in [-0.05, 0) is 31.5 Å². The van der Waals surface area contributed by atoms with Crippen LogP contribution in [0.15, 0.2) is 24.4 Å². The van der Waals surface area contributed by atoms with E-state index in [1.807, 2.05) is 18.2 Å². The van der Waals surface area contributed by atoms with Crippen molar-refractivity contribution in [3.8, 4) is 0 Å². The molecule has 1 aliphatic heterocycles. The Morgan fingerprint density at radius 2 is 2.47 bits per heavy atom. The molecule has 0 bridgehead atoms. The Morgan fingerprint density at radius 3 is 3.13 bits per heavy atom. The van der Waals surface area contributed by atoms with Gasteiger partial charge in [-0.25, -0.2) is 0 Å². The van der Waals surface area contributed by atoms with Crippen LogP contribution in [0.4, 0.5) is 0 Å². The van der Waals surface area contributed by atoms with Crippen molar-refractivity contribution in [2.45, 2.75) is 24.6 Å². The Morgan fingerprint density at radius 1 is 1.53 bits per heavy atom. The fraction of sp³-hybridized carbons (Fsp3) is 0.545. The van der Waals surface area contributed by atoms with E-state index in [2.05, 4.69) is 10.3 Å². The lowest BCUT2D eigenvalue weighted by Crippen LogP contribution is -2.28. The van der Waals surface area contributed by atoms with Gasteiger partial charge >= 0.3 is 0 Å². The minimum absolute atomic E-state index is 0.453. The molecule has 1 aromatic rings. The topological polar surface area (TPSA) is 42.0 Å². The van der Waals surface area contributed by atoms with Gasteiger partial charge in [0.25, 0.3) is 0 Å². The highest BCUT2D eigenvalue weighted by atomic mass is 32.2. The number of hydrogen-bond acceptors (Lipinski definition) is 3. The maximum Gasteiger partial charge on any atom is 0.0659 e. The predicted octanol–water partition coefficient (Wildman–Crippen LogP) is 1.08. The minimum Gasteiger partial charge on any atom is -0.313 e. The van der Waals surface area contributed by atoms with Crippen LogP contribution in [0.25, 0.3) is 0 Å². The summed E-state index contributed by atoms with van der Waals surface area (Å²) in [5.41, 5.74) is 0.925. The first kappa shape index (κ1) is 10.8. The van der Waals surface area contributed by atoms with Gasteiger partial charge in [-0.1, -0.05) is 6.07 Å². The van der Waals surface area contributed by atoms with E-state index in [1.165, 1.54) is 6.42 Å². The minimum atomic E-state index is -0.786. The second-order valence-corrected chi connectivity index (χ2v) is 5.37. The largest absolute Gasteiger partial charge is 0.313 e. The van der Waals surface area contributed by atoms with Crippen LogP contribution in [0.1, 0.15) is 18.5 Å². The molecule has 2 heterocycles. The maximum atomic E-state index is 11.8. The molecule has 3 nitrogen and oxygen atoms in total. The molecule has 82 valence electrons. The standard InChI is InChI=1S/C11H16N2OS/c14-15(9-11-5-3-7-13-11)8-10-4-1-2-6-12-10/h1-2,4,6,11,13H,3,5,7-9H2/t11-,15-/m1/s1. The van der Waals surface area contributed by atoms with Gasteiger partial charge in [0.05, 0.1) is 11.4 Å². The molecular weight excluding hydrogens is 208 g/mol. The third-order valence-corrected chi connectivity index (χ3v) is 3.98. The molecule has 1 fully saturated rings. The van der Waals surface area contributed by atoms with E-state index in [0.717, 1.165) is 24.4 Å². The first-order valence-electron chi connectivity index (χ1n) is 5.33. The highest BCUT2D eigenvalue weighted by Crippen LogP contribution is 2.08. The fourth-order valence-corrected chi connectivity index (χ4v) is 3.18. The summed E-state index contributed by atoms with van der Waals surface area (Å²) in [6, 6.07) is 6.20. The molecule has 1 saturated heterocycles. The number of aromatic nitrogens is 1. The summed E-state index contributed by atoms with van der Waals surface area (Å²) in [4.78, 5) is 4.18. The molecule has 0 spiro atoms. The van der Waals surface area contributed by atoms with Gasteiger partial charge in [0.1, 0.15) is 0 Å². The van der Waals surface area contributed by atoms with Crippen LogP contribution < -0.4 is 5.32 Å². The Bertz CT molecular complexity index is 323. The zero-order chi connectivity index (χ0) is 10.5. The third-order valence-electron chi connectivity index (χ3n) is 2.58. The van der Waals surface area contributed by atoms with Gasteiger partial charge in [-0.2, -0.15) is 0 Å². The van der Waals surface area contributed by atoms with Crippen LogP contribution in [0.2, 0.25) is 0 Å². The molecule has 1 aromatic heterocycles. The van der Waals surface area contributed by atoms with E-state index in [-0.39, 0.29) is 0 Å². The van der Waals surface area contributed by atoms with Crippen molar-refractivity contribution in [1.82, 2.24) is 10.3 Å². The van der Waals surface area contributed by atoms with E-state index in [0.29, 0.717) is 11.8 Å². The lowest BCUT2D eigenvalue weighted by Gasteiger charge is -2.08. The molecule has 0 saturated carbocycles. The number of pyridine rings is 1. The van der Waals surface area contributed by atoms with E-state index in [1.54, 1.807) is 6.20 Å². The van der Waals surface area contributed by atoms with Gasteiger partial charge in [-0.3, -0.25) is 9.19 Å². The summed E-state index contributed by atoms with van der Waals surface area (Å²) in [7, 11) is -0.786. The van der Waals surface area contributed by atoms with Crippen LogP contribution in [-0.4, -0.2) is 27.5 Å². The van der Waals surface area contributed by atoms with Crippen LogP contribution in [0.3, 0.4) is 0 Å². The fourth-order valence-electron chi connectivity index (χ4n) is 1.83. The summed E-state index contributed by atoms with van der Waals surface area (Å²) < 4.78 is 11.8. The van der Waals surface area contributed by atoms with Crippen molar-refractivity contribution in [2.75, 3.05) is 12.3 Å². The normalized spacial score (nSPS) is 22.8. The van der Waals surface area contributed by atoms with Gasteiger partial charge in [0.15, 0.2) is 0 Å². The first-order valence-corrected chi connectivity index (χ1v) is 6.81. The Labute approximate surface area is 92.8 Å². The van der Waals surface area contributed by atoms with E-state index < -0.39 is 10.8 Å². The number of hydrogen-bond donors (Lipinski definition) is 1. The Hall–Kier alpha value is -0.740. The molecule has 4 heteroatoms. The van der Waals surface area contributed by atoms with Crippen molar-refractivity contribution in [3.05, 3.63) is 30.1 Å². The summed E-state index contributed by atoms with van der Waals surface area (Å²) in [5.74, 6) is 1.34. The molecule has 1 aliphatic rings. The molecule has 15 heavy (non-hydrogen) atoms. The van der Waals surface area contributed by atoms with Gasteiger partial charge in [-0.15, -0.1) is 0 Å². The van der Waals surface area contributed by atoms with Crippen molar-refractivity contribution in [2.24, 2.45) is 0 Å². The molecule has 0 unspecified atom stereocenters. The summed E-state index contributed by atoms with van der Waals surface area (Å²) in [6.07, 6.45) is 4.12. The quantitative estimate of drug-likeness (QED) is 0.832. The Kier molecular flexibility index (Phi) is 3.86. The second-order valence-electron chi connectivity index (χ2n) is 3.87. The zero-order valence-corrected chi connectivity index (χ0v) is 9.50. The van der Waals surface area contributed by atoms with E-state index in [4.69, 9.17) is 0 Å². The Balaban J connectivity index is 1.82. The van der Waals surface area contributed by atoms with Crippen LogP contribution in [0, 0.1) is 0 Å². The molecule has 1 N–H and O–H groups in total. The predicted molar refractivity (Wildman–Crippen MR) is 62.0 cm³/mol. The monoisotopic (exact) mass is 224 g/mol. The molecule has 0 amide bonds. The van der Waals surface area contributed by atoms with Gasteiger partial charge in [0.2, 0.25) is 0 Å². The average Bonchev–Trinajstić information content (AvgIpc) is 2.71. The van der Waals surface area contributed by atoms with Crippen molar-refractivity contribution in [3.63, 3.8) is 0 Å². The lowest BCUT2D eigenvalue weighted by atomic mass is 10.3. The number of nitrogens with zero attached hydrogens (tertiary/aromatic N) is 1. The van der Waals surface area contributed by atoms with Gasteiger partial charge < -0.3 is 5.32 Å². The van der Waals surface area contributed by atoms with E-state index >= 15 is 0 Å². The van der Waals surface area contributed by atoms with Crippen LogP contribution >= 0.6 is 0 Å². The molecule has 0 aliphatic carbocycles. The lowest BCUT2D eigenvalue weighted by molar-refractivity contribution is 0.642. The highest BCUT2D eigenvalue weighted by molar-refractivity contribution is 7.84. The van der Waals surface area contributed by atoms with Crippen molar-refractivity contribution < 1.29 is 4.21 Å². The molecular formula is C11H16N2OS. The van der Waals surface area contributed by atoms with Crippen LogP contribution in [0.5, 0.6) is 0 Å². The smallest absolute Gasteiger partial charge is 0.0659 e. The molecule has 2 atom stereocenters. The third kappa shape index (κ3) is 3.39. The van der Waals surface area contributed by atoms with E-state index in [9.17, 15) is 4.21 Å². The SMILES string of the molecule is O=[S@](Cc1ccccn1)C[C@H]1CCCN1. The molecule has 0 radical (unpaired) electrons. The summed E-state index contributed by atoms with van der Waals surface area (Å²) in [6.45, 7) is 1.07. The average molecular weight is 224 g/mol. The van der Waals surface area contributed by atoms with Crippen molar-refractivity contribution in [1.29, 1.82) is 0 Å². The number of rotatable bonds is 4. The second kappa shape index (κ2) is 5.37. The van der Waals surface area contributed by atoms with Crippen molar-refractivity contribution >= 4 is 10.8 Å².